The van der Waals surface area contributed by atoms with Gasteiger partial charge in [-0.1, -0.05) is 45.4 Å². The molecule has 2 atom stereocenters. The van der Waals surface area contributed by atoms with E-state index in [1.54, 1.807) is 0 Å². The van der Waals surface area contributed by atoms with E-state index >= 15 is 0 Å². The Balaban J connectivity index is 0.000000165. The van der Waals surface area contributed by atoms with E-state index < -0.39 is 0 Å². The number of aliphatic hydroxyl groups excluding tert-OH is 2. The van der Waals surface area contributed by atoms with Crippen LogP contribution in [-0.4, -0.2) is 22.4 Å². The van der Waals surface area contributed by atoms with Gasteiger partial charge in [0.2, 0.25) is 0 Å². The van der Waals surface area contributed by atoms with Crippen molar-refractivity contribution in [2.24, 2.45) is 5.92 Å². The maximum absolute atomic E-state index is 9.37. The second-order valence-corrected chi connectivity index (χ2v) is 5.31. The topological polar surface area (TPSA) is 40.5 Å². The van der Waals surface area contributed by atoms with Gasteiger partial charge in [-0.2, -0.15) is 0 Å². The van der Waals surface area contributed by atoms with Crippen LogP contribution in [0.5, 0.6) is 0 Å². The van der Waals surface area contributed by atoms with E-state index in [0.29, 0.717) is 5.92 Å². The molecular formula is C14H28O2. The van der Waals surface area contributed by atoms with Gasteiger partial charge in [-0.05, 0) is 31.6 Å². The fourth-order valence-corrected chi connectivity index (χ4v) is 2.75. The Hall–Kier alpha value is -0.0800. The molecule has 0 radical (unpaired) electrons. The Labute approximate surface area is 100 Å². The smallest absolute Gasteiger partial charge is 0.0568 e. The monoisotopic (exact) mass is 228 g/mol. The molecule has 2 N–H and O–H groups in total. The van der Waals surface area contributed by atoms with Crippen LogP contribution in [0.4, 0.5) is 0 Å². The molecule has 2 nitrogen and oxygen atoms in total. The first-order valence-electron chi connectivity index (χ1n) is 7.10. The highest BCUT2D eigenvalue weighted by Gasteiger charge is 2.20. The summed E-state index contributed by atoms with van der Waals surface area (Å²) in [5.74, 6) is 0.610. The molecule has 0 aromatic heterocycles. The second-order valence-electron chi connectivity index (χ2n) is 5.31. The van der Waals surface area contributed by atoms with Gasteiger partial charge in [0.05, 0.1) is 12.2 Å². The fraction of sp³-hybridized carbons (Fsp3) is 1.00. The van der Waals surface area contributed by atoms with Gasteiger partial charge in [0.15, 0.2) is 0 Å². The van der Waals surface area contributed by atoms with Crippen LogP contribution < -0.4 is 0 Å². The molecule has 2 unspecified atom stereocenters. The Morgan fingerprint density at radius 2 is 1.38 bits per heavy atom. The lowest BCUT2D eigenvalue weighted by molar-refractivity contribution is 0.0680. The zero-order chi connectivity index (χ0) is 11.8. The predicted octanol–water partition coefficient (Wildman–Crippen LogP) is 3.26. The minimum atomic E-state index is 0.0174. The van der Waals surface area contributed by atoms with Crippen molar-refractivity contribution in [3.63, 3.8) is 0 Å². The van der Waals surface area contributed by atoms with Crippen LogP contribution in [0.1, 0.15) is 71.1 Å². The van der Waals surface area contributed by atoms with Gasteiger partial charge < -0.3 is 10.2 Å². The third-order valence-corrected chi connectivity index (χ3v) is 3.97. The molecule has 16 heavy (non-hydrogen) atoms. The fourth-order valence-electron chi connectivity index (χ4n) is 2.75. The highest BCUT2D eigenvalue weighted by atomic mass is 16.3. The molecule has 0 saturated heterocycles. The Morgan fingerprint density at radius 1 is 0.812 bits per heavy atom. The third-order valence-electron chi connectivity index (χ3n) is 3.97. The summed E-state index contributed by atoms with van der Waals surface area (Å²) in [6.45, 7) is 2.17. The minimum absolute atomic E-state index is 0.0174. The van der Waals surface area contributed by atoms with Gasteiger partial charge in [0.1, 0.15) is 0 Å². The van der Waals surface area contributed by atoms with Crippen LogP contribution in [0.25, 0.3) is 0 Å². The quantitative estimate of drug-likeness (QED) is 0.723. The van der Waals surface area contributed by atoms with Crippen molar-refractivity contribution < 1.29 is 10.2 Å². The Kier molecular flexibility index (Phi) is 7.06. The Bertz CT molecular complexity index is 164. The average Bonchev–Trinajstić information content (AvgIpc) is 2.31. The molecule has 0 heterocycles. The molecule has 0 amide bonds. The van der Waals surface area contributed by atoms with Crippen molar-refractivity contribution >= 4 is 0 Å². The summed E-state index contributed by atoms with van der Waals surface area (Å²) >= 11 is 0. The first kappa shape index (κ1) is 14.0. The van der Waals surface area contributed by atoms with E-state index in [4.69, 9.17) is 5.11 Å². The van der Waals surface area contributed by atoms with Crippen molar-refractivity contribution in [3.8, 4) is 0 Å². The predicted molar refractivity (Wildman–Crippen MR) is 67.3 cm³/mol. The zero-order valence-electron chi connectivity index (χ0n) is 10.7. The van der Waals surface area contributed by atoms with Crippen LogP contribution in [0.2, 0.25) is 0 Å². The van der Waals surface area contributed by atoms with E-state index in [1.807, 2.05) is 0 Å². The van der Waals surface area contributed by atoms with Gasteiger partial charge in [-0.25, -0.2) is 0 Å². The summed E-state index contributed by atoms with van der Waals surface area (Å²) in [6.07, 6.45) is 11.9. The second kappa shape index (κ2) is 8.08. The molecule has 2 saturated carbocycles. The highest BCUT2D eigenvalue weighted by molar-refractivity contribution is 4.72. The number of hydrogen-bond donors (Lipinski definition) is 2. The maximum Gasteiger partial charge on any atom is 0.0568 e. The average molecular weight is 228 g/mol. The molecule has 2 aliphatic rings. The van der Waals surface area contributed by atoms with Crippen LogP contribution in [0, 0.1) is 5.92 Å². The molecule has 0 aliphatic heterocycles. The van der Waals surface area contributed by atoms with Gasteiger partial charge in [0, 0.05) is 0 Å². The SMILES string of the molecule is CCC1CCCCC1O.OC1CCCCC1. The third kappa shape index (κ3) is 5.31. The van der Waals surface area contributed by atoms with E-state index in [0.717, 1.165) is 25.7 Å². The van der Waals surface area contributed by atoms with Crippen LogP contribution >= 0.6 is 0 Å². The number of hydrogen-bond acceptors (Lipinski definition) is 2. The summed E-state index contributed by atoms with van der Waals surface area (Å²) in [6, 6.07) is 0. The standard InChI is InChI=1S/C8H16O.C6H12O/c1-2-7-5-3-4-6-8(7)9;7-6-4-2-1-3-5-6/h7-9H,2-6H2,1H3;6-7H,1-5H2. The molecule has 2 fully saturated rings. The summed E-state index contributed by atoms with van der Waals surface area (Å²) in [5, 5.41) is 18.3. The first-order valence-corrected chi connectivity index (χ1v) is 7.10. The lowest BCUT2D eigenvalue weighted by Gasteiger charge is -2.25. The van der Waals surface area contributed by atoms with Gasteiger partial charge in [0.25, 0.3) is 0 Å². The van der Waals surface area contributed by atoms with Crippen molar-refractivity contribution in [3.05, 3.63) is 0 Å². The van der Waals surface area contributed by atoms with Gasteiger partial charge in [-0.15, -0.1) is 0 Å². The van der Waals surface area contributed by atoms with Crippen molar-refractivity contribution in [2.75, 3.05) is 0 Å². The maximum atomic E-state index is 9.37. The molecule has 0 spiro atoms. The molecular weight excluding hydrogens is 200 g/mol. The first-order chi connectivity index (χ1) is 7.74. The van der Waals surface area contributed by atoms with Crippen LogP contribution in [-0.2, 0) is 0 Å². The number of aliphatic hydroxyl groups is 2. The lowest BCUT2D eigenvalue weighted by Crippen LogP contribution is -2.23. The molecule has 2 aliphatic carbocycles. The summed E-state index contributed by atoms with van der Waals surface area (Å²) in [4.78, 5) is 0. The van der Waals surface area contributed by atoms with Gasteiger partial charge >= 0.3 is 0 Å². The molecule has 96 valence electrons. The molecule has 2 heteroatoms. The molecule has 0 aromatic carbocycles. The summed E-state index contributed by atoms with van der Waals surface area (Å²) in [5.41, 5.74) is 0. The number of rotatable bonds is 1. The summed E-state index contributed by atoms with van der Waals surface area (Å²) < 4.78 is 0. The van der Waals surface area contributed by atoms with E-state index in [9.17, 15) is 5.11 Å². The van der Waals surface area contributed by atoms with E-state index in [1.165, 1.54) is 38.5 Å². The zero-order valence-corrected chi connectivity index (χ0v) is 10.7. The normalized spacial score (nSPS) is 31.7. The molecule has 2 rings (SSSR count). The lowest BCUT2D eigenvalue weighted by atomic mass is 9.85. The highest BCUT2D eigenvalue weighted by Crippen LogP contribution is 2.26. The summed E-state index contributed by atoms with van der Waals surface area (Å²) in [7, 11) is 0. The molecule has 0 aromatic rings. The molecule has 0 bridgehead atoms. The van der Waals surface area contributed by atoms with Crippen molar-refractivity contribution in [1.29, 1.82) is 0 Å². The van der Waals surface area contributed by atoms with E-state index in [2.05, 4.69) is 6.92 Å². The minimum Gasteiger partial charge on any atom is -0.393 e. The Morgan fingerprint density at radius 3 is 1.75 bits per heavy atom. The van der Waals surface area contributed by atoms with E-state index in [-0.39, 0.29) is 12.2 Å². The largest absolute Gasteiger partial charge is 0.393 e. The van der Waals surface area contributed by atoms with Crippen molar-refractivity contribution in [1.82, 2.24) is 0 Å². The van der Waals surface area contributed by atoms with Crippen molar-refractivity contribution in [2.45, 2.75) is 83.3 Å². The van der Waals surface area contributed by atoms with Gasteiger partial charge in [-0.3, -0.25) is 0 Å². The van der Waals surface area contributed by atoms with Crippen LogP contribution in [0.15, 0.2) is 0 Å². The van der Waals surface area contributed by atoms with Crippen LogP contribution in [0.3, 0.4) is 0 Å².